The van der Waals surface area contributed by atoms with Crippen LogP contribution in [0.2, 0.25) is 0 Å². The molecular weight excluding hydrogens is 388 g/mol. The van der Waals surface area contributed by atoms with Gasteiger partial charge in [0.1, 0.15) is 0 Å². The van der Waals surface area contributed by atoms with Crippen molar-refractivity contribution in [3.8, 4) is 33.6 Å². The number of nitrogens with zero attached hydrogens (tertiary/aromatic N) is 6. The molecule has 0 atom stereocenters. The predicted octanol–water partition coefficient (Wildman–Crippen LogP) is 4.13. The Labute approximate surface area is 181 Å². The molecule has 31 heavy (non-hydrogen) atoms. The van der Waals surface area contributed by atoms with Gasteiger partial charge in [0.05, 0.1) is 18.4 Å². The summed E-state index contributed by atoms with van der Waals surface area (Å²) in [5.74, 6) is 1.15. The third-order valence-electron chi connectivity index (χ3n) is 6.19. The van der Waals surface area contributed by atoms with Crippen molar-refractivity contribution in [1.29, 1.82) is 0 Å². The highest BCUT2D eigenvalue weighted by Gasteiger charge is 2.22. The quantitative estimate of drug-likeness (QED) is 0.531. The van der Waals surface area contributed by atoms with Gasteiger partial charge in [-0.05, 0) is 43.2 Å². The SMILES string of the molecule is Cn1cc(-c2cccc(-c3ncc(-c4cnn(C5CCC(CO)CC5)c4)cn3)c2)cn1. The number of benzene rings is 1. The van der Waals surface area contributed by atoms with Crippen molar-refractivity contribution < 1.29 is 5.11 Å². The zero-order valence-electron chi connectivity index (χ0n) is 17.6. The minimum Gasteiger partial charge on any atom is -0.396 e. The molecule has 158 valence electrons. The molecule has 1 fully saturated rings. The zero-order valence-corrected chi connectivity index (χ0v) is 17.6. The van der Waals surface area contributed by atoms with Crippen molar-refractivity contribution in [3.05, 3.63) is 61.4 Å². The van der Waals surface area contributed by atoms with E-state index >= 15 is 0 Å². The van der Waals surface area contributed by atoms with E-state index in [1.165, 1.54) is 0 Å². The fraction of sp³-hybridized carbons (Fsp3) is 0.333. The fourth-order valence-electron chi connectivity index (χ4n) is 4.31. The molecule has 1 saturated carbocycles. The maximum atomic E-state index is 9.34. The van der Waals surface area contributed by atoms with Crippen molar-refractivity contribution in [2.75, 3.05) is 6.61 Å². The molecule has 7 heteroatoms. The first kappa shape index (κ1) is 19.6. The Morgan fingerprint density at radius 3 is 2.26 bits per heavy atom. The maximum Gasteiger partial charge on any atom is 0.159 e. The van der Waals surface area contributed by atoms with Gasteiger partial charge in [-0.2, -0.15) is 10.2 Å². The molecule has 0 radical (unpaired) electrons. The summed E-state index contributed by atoms with van der Waals surface area (Å²) in [4.78, 5) is 9.22. The standard InChI is InChI=1S/C24H26N6O/c1-29-14-21(12-27-29)18-3-2-4-19(9-18)24-25-10-20(11-26-24)22-13-28-30(15-22)23-7-5-17(16-31)6-8-23/h2-4,9-15,17,23,31H,5-8,16H2,1H3. The van der Waals surface area contributed by atoms with Crippen molar-refractivity contribution in [3.63, 3.8) is 0 Å². The Kier molecular flexibility index (Phi) is 5.34. The van der Waals surface area contributed by atoms with E-state index in [0.29, 0.717) is 24.4 Å². The third-order valence-corrected chi connectivity index (χ3v) is 6.19. The molecule has 1 aliphatic rings. The van der Waals surface area contributed by atoms with Crippen LogP contribution in [0, 0.1) is 5.92 Å². The summed E-state index contributed by atoms with van der Waals surface area (Å²) < 4.78 is 3.86. The molecule has 7 nitrogen and oxygen atoms in total. The lowest BCUT2D eigenvalue weighted by molar-refractivity contribution is 0.165. The van der Waals surface area contributed by atoms with E-state index in [1.54, 1.807) is 4.68 Å². The van der Waals surface area contributed by atoms with Crippen LogP contribution in [0.5, 0.6) is 0 Å². The van der Waals surface area contributed by atoms with E-state index in [2.05, 4.69) is 43.2 Å². The number of hydrogen-bond donors (Lipinski definition) is 1. The van der Waals surface area contributed by atoms with Crippen LogP contribution in [0.15, 0.2) is 61.4 Å². The molecule has 1 N–H and O–H groups in total. The molecule has 1 aromatic carbocycles. The van der Waals surface area contributed by atoms with Gasteiger partial charge in [-0.3, -0.25) is 9.36 Å². The number of rotatable bonds is 5. The van der Waals surface area contributed by atoms with Crippen LogP contribution < -0.4 is 0 Å². The van der Waals surface area contributed by atoms with Crippen LogP contribution in [0.1, 0.15) is 31.7 Å². The summed E-state index contributed by atoms with van der Waals surface area (Å²) in [5.41, 5.74) is 5.13. The third kappa shape index (κ3) is 4.14. The van der Waals surface area contributed by atoms with E-state index in [9.17, 15) is 5.11 Å². The molecule has 0 amide bonds. The van der Waals surface area contributed by atoms with Crippen molar-refractivity contribution in [2.45, 2.75) is 31.7 Å². The second-order valence-electron chi connectivity index (χ2n) is 8.34. The molecule has 0 bridgehead atoms. The monoisotopic (exact) mass is 414 g/mol. The smallest absolute Gasteiger partial charge is 0.159 e. The Hall–Kier alpha value is -3.32. The van der Waals surface area contributed by atoms with Crippen LogP contribution in [0.25, 0.3) is 33.6 Å². The number of hydrogen-bond acceptors (Lipinski definition) is 5. The molecule has 0 aliphatic heterocycles. The highest BCUT2D eigenvalue weighted by Crippen LogP contribution is 2.32. The molecular formula is C24H26N6O. The topological polar surface area (TPSA) is 81.7 Å². The first-order valence-corrected chi connectivity index (χ1v) is 10.8. The second-order valence-corrected chi connectivity index (χ2v) is 8.34. The average molecular weight is 415 g/mol. The lowest BCUT2D eigenvalue weighted by Gasteiger charge is -2.27. The van der Waals surface area contributed by atoms with Gasteiger partial charge in [0.25, 0.3) is 0 Å². The van der Waals surface area contributed by atoms with Crippen molar-refractivity contribution >= 4 is 0 Å². The summed E-state index contributed by atoms with van der Waals surface area (Å²) in [6.07, 6.45) is 15.8. The zero-order chi connectivity index (χ0) is 21.2. The highest BCUT2D eigenvalue weighted by molar-refractivity contribution is 5.70. The minimum atomic E-state index is 0.298. The molecule has 5 rings (SSSR count). The fourth-order valence-corrected chi connectivity index (χ4v) is 4.31. The largest absolute Gasteiger partial charge is 0.396 e. The van der Waals surface area contributed by atoms with Gasteiger partial charge in [-0.15, -0.1) is 0 Å². The summed E-state index contributed by atoms with van der Waals surface area (Å²) in [6, 6.07) is 8.61. The van der Waals surface area contributed by atoms with Gasteiger partial charge >= 0.3 is 0 Å². The first-order chi connectivity index (χ1) is 15.2. The second kappa shape index (κ2) is 8.43. The summed E-state index contributed by atoms with van der Waals surface area (Å²) in [6.45, 7) is 0.298. The molecule has 0 spiro atoms. The number of aliphatic hydroxyl groups excluding tert-OH is 1. The van der Waals surface area contributed by atoms with Gasteiger partial charge in [-0.1, -0.05) is 18.2 Å². The van der Waals surface area contributed by atoms with Gasteiger partial charge < -0.3 is 5.11 Å². The van der Waals surface area contributed by atoms with E-state index < -0.39 is 0 Å². The first-order valence-electron chi connectivity index (χ1n) is 10.8. The molecule has 4 aromatic rings. The van der Waals surface area contributed by atoms with Crippen LogP contribution in [0.3, 0.4) is 0 Å². The van der Waals surface area contributed by atoms with Crippen LogP contribution in [-0.4, -0.2) is 41.2 Å². The lowest BCUT2D eigenvalue weighted by Crippen LogP contribution is -2.20. The van der Waals surface area contributed by atoms with Crippen molar-refractivity contribution in [1.82, 2.24) is 29.5 Å². The summed E-state index contributed by atoms with van der Waals surface area (Å²) in [7, 11) is 1.91. The van der Waals surface area contributed by atoms with Gasteiger partial charge in [-0.25, -0.2) is 9.97 Å². The van der Waals surface area contributed by atoms with Crippen LogP contribution >= 0.6 is 0 Å². The van der Waals surface area contributed by atoms with Crippen LogP contribution in [-0.2, 0) is 7.05 Å². The Bertz CT molecular complexity index is 1150. The Balaban J connectivity index is 1.33. The normalized spacial score (nSPS) is 18.9. The van der Waals surface area contributed by atoms with Crippen LogP contribution in [0.4, 0.5) is 0 Å². The van der Waals surface area contributed by atoms with Gasteiger partial charge in [0.15, 0.2) is 5.82 Å². The summed E-state index contributed by atoms with van der Waals surface area (Å²) in [5, 5.41) is 18.2. The molecule has 0 unspecified atom stereocenters. The number of aromatic nitrogens is 6. The van der Waals surface area contributed by atoms with E-state index in [4.69, 9.17) is 0 Å². The average Bonchev–Trinajstić information content (AvgIpc) is 3.49. The maximum absolute atomic E-state index is 9.34. The Morgan fingerprint density at radius 1 is 0.839 bits per heavy atom. The van der Waals surface area contributed by atoms with E-state index in [1.807, 2.05) is 50.2 Å². The highest BCUT2D eigenvalue weighted by atomic mass is 16.3. The number of aryl methyl sites for hydroxylation is 1. The van der Waals surface area contributed by atoms with Gasteiger partial charge in [0, 0.05) is 60.7 Å². The van der Waals surface area contributed by atoms with Gasteiger partial charge in [0.2, 0.25) is 0 Å². The molecule has 3 heterocycles. The van der Waals surface area contributed by atoms with E-state index in [-0.39, 0.29) is 0 Å². The van der Waals surface area contributed by atoms with E-state index in [0.717, 1.165) is 53.5 Å². The Morgan fingerprint density at radius 2 is 1.55 bits per heavy atom. The predicted molar refractivity (Wildman–Crippen MR) is 119 cm³/mol. The lowest BCUT2D eigenvalue weighted by atomic mass is 9.87. The van der Waals surface area contributed by atoms with Crippen molar-refractivity contribution in [2.24, 2.45) is 13.0 Å². The minimum absolute atomic E-state index is 0.298. The molecule has 1 aliphatic carbocycles. The summed E-state index contributed by atoms with van der Waals surface area (Å²) >= 11 is 0. The molecule has 3 aromatic heterocycles. The number of aliphatic hydroxyl groups is 1. The molecule has 0 saturated heterocycles.